The van der Waals surface area contributed by atoms with Gasteiger partial charge >= 0.3 is 0 Å². The van der Waals surface area contributed by atoms with Crippen molar-refractivity contribution in [3.63, 3.8) is 0 Å². The standard InChI is InChI=1S/C17H23FN2O/c1-2-20(13-16-5-3-4-12-19-16)17(21)11-8-14-6-9-15(18)10-7-14/h6-11,16,19H,2-5,12-13H2,1H3/b11-8+. The Morgan fingerprint density at radius 2 is 2.14 bits per heavy atom. The molecule has 1 heterocycles. The Kier molecular flexibility index (Phi) is 5.93. The minimum Gasteiger partial charge on any atom is -0.338 e. The molecule has 0 spiro atoms. The second-order valence-corrected chi connectivity index (χ2v) is 5.41. The van der Waals surface area contributed by atoms with Gasteiger partial charge in [-0.25, -0.2) is 4.39 Å². The van der Waals surface area contributed by atoms with Gasteiger partial charge in [-0.05, 0) is 50.1 Å². The number of hydrogen-bond acceptors (Lipinski definition) is 2. The van der Waals surface area contributed by atoms with E-state index in [1.807, 2.05) is 11.8 Å². The van der Waals surface area contributed by atoms with Crippen molar-refractivity contribution in [3.8, 4) is 0 Å². The molecule has 21 heavy (non-hydrogen) atoms. The maximum absolute atomic E-state index is 12.8. The predicted molar refractivity (Wildman–Crippen MR) is 83.3 cm³/mol. The first kappa shape index (κ1) is 15.7. The van der Waals surface area contributed by atoms with Crippen LogP contribution in [0.4, 0.5) is 4.39 Å². The van der Waals surface area contributed by atoms with Crippen LogP contribution in [0.25, 0.3) is 6.08 Å². The Morgan fingerprint density at radius 1 is 1.38 bits per heavy atom. The van der Waals surface area contributed by atoms with E-state index < -0.39 is 0 Å². The number of carbonyl (C=O) groups is 1. The summed E-state index contributed by atoms with van der Waals surface area (Å²) in [5.74, 6) is -0.258. The molecule has 3 nitrogen and oxygen atoms in total. The zero-order valence-corrected chi connectivity index (χ0v) is 12.5. The van der Waals surface area contributed by atoms with Crippen LogP contribution in [0.1, 0.15) is 31.7 Å². The van der Waals surface area contributed by atoms with Gasteiger partial charge in [-0.1, -0.05) is 18.6 Å². The molecule has 0 aliphatic carbocycles. The van der Waals surface area contributed by atoms with E-state index in [0.29, 0.717) is 12.6 Å². The second kappa shape index (κ2) is 7.93. The number of benzene rings is 1. The first-order valence-corrected chi connectivity index (χ1v) is 7.65. The Morgan fingerprint density at radius 3 is 2.76 bits per heavy atom. The highest BCUT2D eigenvalue weighted by Gasteiger charge is 2.17. The van der Waals surface area contributed by atoms with E-state index in [4.69, 9.17) is 0 Å². The van der Waals surface area contributed by atoms with Crippen molar-refractivity contribution in [2.24, 2.45) is 0 Å². The van der Waals surface area contributed by atoms with Crippen molar-refractivity contribution in [1.29, 1.82) is 0 Å². The van der Waals surface area contributed by atoms with E-state index in [0.717, 1.165) is 25.1 Å². The zero-order valence-electron chi connectivity index (χ0n) is 12.5. The fourth-order valence-corrected chi connectivity index (χ4v) is 2.57. The lowest BCUT2D eigenvalue weighted by molar-refractivity contribution is -0.126. The number of likely N-dealkylation sites (N-methyl/N-ethyl adjacent to an activating group) is 1. The summed E-state index contributed by atoms with van der Waals surface area (Å²) >= 11 is 0. The highest BCUT2D eigenvalue weighted by Crippen LogP contribution is 2.10. The molecule has 1 fully saturated rings. The largest absolute Gasteiger partial charge is 0.338 e. The monoisotopic (exact) mass is 290 g/mol. The van der Waals surface area contributed by atoms with E-state index in [-0.39, 0.29) is 11.7 Å². The highest BCUT2D eigenvalue weighted by molar-refractivity contribution is 5.91. The van der Waals surface area contributed by atoms with Gasteiger partial charge in [-0.15, -0.1) is 0 Å². The van der Waals surface area contributed by atoms with E-state index in [9.17, 15) is 9.18 Å². The zero-order chi connectivity index (χ0) is 15.1. The smallest absolute Gasteiger partial charge is 0.246 e. The van der Waals surface area contributed by atoms with Crippen LogP contribution in [0, 0.1) is 5.82 Å². The summed E-state index contributed by atoms with van der Waals surface area (Å²) in [6.07, 6.45) is 6.89. The number of halogens is 1. The molecule has 1 saturated heterocycles. The SMILES string of the molecule is CCN(CC1CCCCN1)C(=O)/C=C/c1ccc(F)cc1. The minimum absolute atomic E-state index is 0.00852. The predicted octanol–water partition coefficient (Wildman–Crippen LogP) is 2.83. The van der Waals surface area contributed by atoms with Gasteiger partial charge in [0.15, 0.2) is 0 Å². The number of amides is 1. The number of piperidine rings is 1. The van der Waals surface area contributed by atoms with E-state index >= 15 is 0 Å². The van der Waals surface area contributed by atoms with Gasteiger partial charge in [0.1, 0.15) is 5.82 Å². The molecule has 0 saturated carbocycles. The summed E-state index contributed by atoms with van der Waals surface area (Å²) in [7, 11) is 0. The van der Waals surface area contributed by atoms with E-state index in [2.05, 4.69) is 5.32 Å². The van der Waals surface area contributed by atoms with Crippen LogP contribution in [0.15, 0.2) is 30.3 Å². The third kappa shape index (κ3) is 4.97. The summed E-state index contributed by atoms with van der Waals surface area (Å²) < 4.78 is 12.8. The van der Waals surface area contributed by atoms with Gasteiger partial charge in [-0.2, -0.15) is 0 Å². The first-order chi connectivity index (χ1) is 10.2. The summed E-state index contributed by atoms with van der Waals surface area (Å²) in [6.45, 7) is 4.49. The third-order valence-electron chi connectivity index (χ3n) is 3.83. The van der Waals surface area contributed by atoms with Crippen LogP contribution in [0.5, 0.6) is 0 Å². The average molecular weight is 290 g/mol. The summed E-state index contributed by atoms with van der Waals surface area (Å²) in [5.41, 5.74) is 0.830. The molecular weight excluding hydrogens is 267 g/mol. The van der Waals surface area contributed by atoms with Crippen LogP contribution in [-0.4, -0.2) is 36.5 Å². The van der Waals surface area contributed by atoms with Crippen LogP contribution in [0.2, 0.25) is 0 Å². The maximum Gasteiger partial charge on any atom is 0.246 e. The van der Waals surface area contributed by atoms with Gasteiger partial charge in [0.2, 0.25) is 5.91 Å². The van der Waals surface area contributed by atoms with Crippen molar-refractivity contribution in [3.05, 3.63) is 41.7 Å². The maximum atomic E-state index is 12.8. The molecule has 1 N–H and O–H groups in total. The van der Waals surface area contributed by atoms with Gasteiger partial charge < -0.3 is 10.2 Å². The molecule has 4 heteroatoms. The summed E-state index contributed by atoms with van der Waals surface area (Å²) in [6, 6.07) is 6.53. The normalized spacial score (nSPS) is 18.9. The van der Waals surface area contributed by atoms with Gasteiger partial charge in [0.25, 0.3) is 0 Å². The number of hydrogen-bond donors (Lipinski definition) is 1. The van der Waals surface area contributed by atoms with Gasteiger partial charge in [0, 0.05) is 25.2 Å². The molecule has 1 unspecified atom stereocenters. The molecule has 1 aliphatic heterocycles. The molecule has 1 aliphatic rings. The molecule has 2 rings (SSSR count). The third-order valence-corrected chi connectivity index (χ3v) is 3.83. The minimum atomic E-state index is -0.267. The number of rotatable bonds is 5. The Hall–Kier alpha value is -1.68. The van der Waals surface area contributed by atoms with Crippen LogP contribution in [0.3, 0.4) is 0 Å². The highest BCUT2D eigenvalue weighted by atomic mass is 19.1. The Balaban J connectivity index is 1.91. The van der Waals surface area contributed by atoms with E-state index in [1.165, 1.54) is 25.0 Å². The topological polar surface area (TPSA) is 32.3 Å². The fourth-order valence-electron chi connectivity index (χ4n) is 2.57. The molecule has 0 bridgehead atoms. The summed E-state index contributed by atoms with van der Waals surface area (Å²) in [4.78, 5) is 14.1. The molecule has 1 atom stereocenters. The van der Waals surface area contributed by atoms with E-state index in [1.54, 1.807) is 24.3 Å². The van der Waals surface area contributed by atoms with Crippen LogP contribution in [-0.2, 0) is 4.79 Å². The van der Waals surface area contributed by atoms with Crippen molar-refractivity contribution in [2.75, 3.05) is 19.6 Å². The van der Waals surface area contributed by atoms with Gasteiger partial charge in [-0.3, -0.25) is 4.79 Å². The molecule has 1 aromatic carbocycles. The quantitative estimate of drug-likeness (QED) is 0.846. The average Bonchev–Trinajstić information content (AvgIpc) is 2.52. The number of nitrogens with one attached hydrogen (secondary N) is 1. The fraction of sp³-hybridized carbons (Fsp3) is 0.471. The van der Waals surface area contributed by atoms with Crippen LogP contribution >= 0.6 is 0 Å². The van der Waals surface area contributed by atoms with Crippen LogP contribution < -0.4 is 5.32 Å². The second-order valence-electron chi connectivity index (χ2n) is 5.41. The van der Waals surface area contributed by atoms with Crippen molar-refractivity contribution in [2.45, 2.75) is 32.2 Å². The van der Waals surface area contributed by atoms with Crippen molar-refractivity contribution >= 4 is 12.0 Å². The Labute approximate surface area is 125 Å². The molecule has 0 radical (unpaired) electrons. The lowest BCUT2D eigenvalue weighted by Gasteiger charge is -2.29. The molecule has 0 aromatic heterocycles. The van der Waals surface area contributed by atoms with Gasteiger partial charge in [0.05, 0.1) is 0 Å². The molecule has 1 amide bonds. The lowest BCUT2D eigenvalue weighted by atomic mass is 10.0. The number of nitrogens with zero attached hydrogens (tertiary/aromatic N) is 1. The molecule has 114 valence electrons. The number of carbonyl (C=O) groups excluding carboxylic acids is 1. The molecule has 1 aromatic rings. The van der Waals surface area contributed by atoms with Crippen molar-refractivity contribution < 1.29 is 9.18 Å². The Bertz CT molecular complexity index is 478. The lowest BCUT2D eigenvalue weighted by Crippen LogP contribution is -2.45. The summed E-state index contributed by atoms with van der Waals surface area (Å²) in [5, 5.41) is 3.46. The first-order valence-electron chi connectivity index (χ1n) is 7.65. The molecular formula is C17H23FN2O. The van der Waals surface area contributed by atoms with Crippen molar-refractivity contribution in [1.82, 2.24) is 10.2 Å².